The zero-order chi connectivity index (χ0) is 23.6. The van der Waals surface area contributed by atoms with Crippen molar-refractivity contribution in [1.29, 1.82) is 0 Å². The van der Waals surface area contributed by atoms with Crippen molar-refractivity contribution in [3.05, 3.63) is 93.5 Å². The average molecular weight is 484 g/mol. The summed E-state index contributed by atoms with van der Waals surface area (Å²) in [5.41, 5.74) is 3.23. The Morgan fingerprint density at radius 3 is 2.45 bits per heavy atom. The molecule has 0 bridgehead atoms. The zero-order valence-electron chi connectivity index (χ0n) is 18.7. The van der Waals surface area contributed by atoms with E-state index in [4.69, 9.17) is 32.7 Å². The van der Waals surface area contributed by atoms with Gasteiger partial charge in [-0.15, -0.1) is 0 Å². The Hall–Kier alpha value is -2.95. The van der Waals surface area contributed by atoms with E-state index in [2.05, 4.69) is 12.2 Å². The third-order valence-corrected chi connectivity index (χ3v) is 5.67. The van der Waals surface area contributed by atoms with Crippen molar-refractivity contribution < 1.29 is 14.3 Å². The first-order chi connectivity index (χ1) is 16.0. The Bertz CT molecular complexity index is 1110. The number of carbonyl (C=O) groups is 1. The van der Waals surface area contributed by atoms with Gasteiger partial charge in [0.25, 0.3) is 0 Å². The number of rotatable bonds is 10. The first kappa shape index (κ1) is 24.7. The van der Waals surface area contributed by atoms with E-state index in [-0.39, 0.29) is 12.5 Å². The van der Waals surface area contributed by atoms with Crippen LogP contribution in [0.15, 0.2) is 66.7 Å². The molecule has 0 fully saturated rings. The van der Waals surface area contributed by atoms with Crippen LogP contribution < -0.4 is 14.8 Å². The third kappa shape index (κ3) is 7.28. The van der Waals surface area contributed by atoms with Crippen LogP contribution in [0, 0.1) is 6.92 Å². The van der Waals surface area contributed by atoms with Crippen molar-refractivity contribution >= 4 is 40.9 Å². The summed E-state index contributed by atoms with van der Waals surface area (Å²) in [6, 6.07) is 18.5. The molecule has 0 aliphatic rings. The Morgan fingerprint density at radius 2 is 1.73 bits per heavy atom. The molecule has 0 spiro atoms. The second-order valence-electron chi connectivity index (χ2n) is 7.53. The first-order valence-corrected chi connectivity index (χ1v) is 11.6. The standard InChI is InChI=1S/C27H27Cl2NO3/c1-3-4-16-32-26-11-6-5-10-24(26)30-27(31)15-13-20-12-14-25(19(2)17-20)33-18-21-22(28)8-7-9-23(21)29/h5-15,17H,3-4,16,18H2,1-2H3,(H,30,31)/b15-13+. The maximum Gasteiger partial charge on any atom is 0.248 e. The maximum absolute atomic E-state index is 12.4. The summed E-state index contributed by atoms with van der Waals surface area (Å²) in [5.74, 6) is 1.17. The van der Waals surface area contributed by atoms with Crippen molar-refractivity contribution in [2.75, 3.05) is 11.9 Å². The normalized spacial score (nSPS) is 10.9. The van der Waals surface area contributed by atoms with E-state index in [0.717, 1.165) is 35.3 Å². The molecule has 0 unspecified atom stereocenters. The van der Waals surface area contributed by atoms with Gasteiger partial charge in [-0.1, -0.05) is 60.8 Å². The van der Waals surface area contributed by atoms with E-state index in [0.29, 0.717) is 28.1 Å². The predicted molar refractivity (Wildman–Crippen MR) is 136 cm³/mol. The topological polar surface area (TPSA) is 47.6 Å². The third-order valence-electron chi connectivity index (χ3n) is 4.96. The molecule has 0 aromatic heterocycles. The zero-order valence-corrected chi connectivity index (χ0v) is 20.2. The Labute approximate surface area is 205 Å². The van der Waals surface area contributed by atoms with Crippen LogP contribution in [0.25, 0.3) is 6.08 Å². The average Bonchev–Trinajstić information content (AvgIpc) is 2.80. The lowest BCUT2D eigenvalue weighted by Gasteiger charge is -2.12. The van der Waals surface area contributed by atoms with Gasteiger partial charge in [-0.25, -0.2) is 0 Å². The smallest absolute Gasteiger partial charge is 0.248 e. The second-order valence-corrected chi connectivity index (χ2v) is 8.35. The van der Waals surface area contributed by atoms with E-state index in [1.54, 1.807) is 24.3 Å². The number of halogens is 2. The number of unbranched alkanes of at least 4 members (excludes halogenated alkanes) is 1. The molecule has 0 saturated carbocycles. The summed E-state index contributed by atoms with van der Waals surface area (Å²) in [5, 5.41) is 4.03. The maximum atomic E-state index is 12.4. The highest BCUT2D eigenvalue weighted by molar-refractivity contribution is 6.35. The molecule has 0 aliphatic heterocycles. The molecule has 0 atom stereocenters. The van der Waals surface area contributed by atoms with E-state index in [1.165, 1.54) is 6.08 Å². The van der Waals surface area contributed by atoms with Gasteiger partial charge in [0.1, 0.15) is 18.1 Å². The van der Waals surface area contributed by atoms with Crippen LogP contribution in [-0.4, -0.2) is 12.5 Å². The van der Waals surface area contributed by atoms with Crippen LogP contribution in [0.1, 0.15) is 36.5 Å². The van der Waals surface area contributed by atoms with E-state index in [1.807, 2.05) is 49.4 Å². The number of nitrogens with one attached hydrogen (secondary N) is 1. The minimum Gasteiger partial charge on any atom is -0.491 e. The molecule has 3 rings (SSSR count). The van der Waals surface area contributed by atoms with Gasteiger partial charge in [-0.05, 0) is 66.9 Å². The lowest BCUT2D eigenvalue weighted by molar-refractivity contribution is -0.111. The lowest BCUT2D eigenvalue weighted by Crippen LogP contribution is -2.09. The number of anilines is 1. The molecule has 3 aromatic carbocycles. The summed E-state index contributed by atoms with van der Waals surface area (Å²) in [4.78, 5) is 12.4. The number of hydrogen-bond acceptors (Lipinski definition) is 3. The first-order valence-electron chi connectivity index (χ1n) is 10.8. The van der Waals surface area contributed by atoms with Gasteiger partial charge < -0.3 is 14.8 Å². The molecule has 6 heteroatoms. The van der Waals surface area contributed by atoms with Gasteiger partial charge in [0, 0.05) is 21.7 Å². The molecule has 0 aliphatic carbocycles. The van der Waals surface area contributed by atoms with Crippen molar-refractivity contribution in [2.24, 2.45) is 0 Å². The number of ether oxygens (including phenoxy) is 2. The van der Waals surface area contributed by atoms with Gasteiger partial charge in [-0.3, -0.25) is 4.79 Å². The Kier molecular flexibility index (Phi) is 9.23. The Balaban J connectivity index is 1.60. The highest BCUT2D eigenvalue weighted by Gasteiger charge is 2.08. The highest BCUT2D eigenvalue weighted by atomic mass is 35.5. The molecule has 3 aromatic rings. The number of benzene rings is 3. The molecule has 0 radical (unpaired) electrons. The molecule has 0 saturated heterocycles. The molecular formula is C27H27Cl2NO3. The predicted octanol–water partition coefficient (Wildman–Crippen LogP) is 7.71. The van der Waals surface area contributed by atoms with E-state index in [9.17, 15) is 4.79 Å². The quantitative estimate of drug-likeness (QED) is 0.237. The summed E-state index contributed by atoms with van der Waals surface area (Å²) in [7, 11) is 0. The van der Waals surface area contributed by atoms with Crippen molar-refractivity contribution in [2.45, 2.75) is 33.3 Å². The lowest BCUT2D eigenvalue weighted by atomic mass is 10.1. The highest BCUT2D eigenvalue weighted by Crippen LogP contribution is 2.28. The van der Waals surface area contributed by atoms with Gasteiger partial charge in [0.2, 0.25) is 5.91 Å². The van der Waals surface area contributed by atoms with Crippen LogP contribution in [0.4, 0.5) is 5.69 Å². The summed E-state index contributed by atoms with van der Waals surface area (Å²) in [6.07, 6.45) is 5.28. The SMILES string of the molecule is CCCCOc1ccccc1NC(=O)/C=C/c1ccc(OCc2c(Cl)cccc2Cl)c(C)c1. The van der Waals surface area contributed by atoms with Gasteiger partial charge in [0.05, 0.1) is 12.3 Å². The largest absolute Gasteiger partial charge is 0.491 e. The molecule has 0 heterocycles. The second kappa shape index (κ2) is 12.3. The fourth-order valence-electron chi connectivity index (χ4n) is 3.13. The van der Waals surface area contributed by atoms with Crippen molar-refractivity contribution in [1.82, 2.24) is 0 Å². The number of amides is 1. The number of para-hydroxylation sites is 2. The molecule has 172 valence electrons. The summed E-state index contributed by atoms with van der Waals surface area (Å²) in [6.45, 7) is 4.95. The monoisotopic (exact) mass is 483 g/mol. The molecular weight excluding hydrogens is 457 g/mol. The molecule has 1 N–H and O–H groups in total. The Morgan fingerprint density at radius 1 is 0.970 bits per heavy atom. The van der Waals surface area contributed by atoms with Gasteiger partial charge in [0.15, 0.2) is 0 Å². The fraction of sp³-hybridized carbons (Fsp3) is 0.222. The molecule has 33 heavy (non-hydrogen) atoms. The number of carbonyl (C=O) groups excluding carboxylic acids is 1. The minimum atomic E-state index is -0.229. The number of hydrogen-bond donors (Lipinski definition) is 1. The van der Waals surface area contributed by atoms with Gasteiger partial charge >= 0.3 is 0 Å². The summed E-state index contributed by atoms with van der Waals surface area (Å²) < 4.78 is 11.7. The number of aryl methyl sites for hydroxylation is 1. The van der Waals surface area contributed by atoms with E-state index < -0.39 is 0 Å². The molecule has 4 nitrogen and oxygen atoms in total. The minimum absolute atomic E-state index is 0.229. The van der Waals surface area contributed by atoms with Crippen LogP contribution in [-0.2, 0) is 11.4 Å². The van der Waals surface area contributed by atoms with Crippen LogP contribution in [0.3, 0.4) is 0 Å². The fourth-order valence-corrected chi connectivity index (χ4v) is 3.63. The van der Waals surface area contributed by atoms with Gasteiger partial charge in [-0.2, -0.15) is 0 Å². The van der Waals surface area contributed by atoms with E-state index >= 15 is 0 Å². The van der Waals surface area contributed by atoms with Crippen molar-refractivity contribution in [3.63, 3.8) is 0 Å². The van der Waals surface area contributed by atoms with Crippen LogP contribution in [0.5, 0.6) is 11.5 Å². The van der Waals surface area contributed by atoms with Crippen LogP contribution >= 0.6 is 23.2 Å². The van der Waals surface area contributed by atoms with Crippen LogP contribution in [0.2, 0.25) is 10.0 Å². The van der Waals surface area contributed by atoms with Crippen molar-refractivity contribution in [3.8, 4) is 11.5 Å². The summed E-state index contributed by atoms with van der Waals surface area (Å²) >= 11 is 12.4. The molecule has 1 amide bonds.